The van der Waals surface area contributed by atoms with Crippen molar-refractivity contribution >= 4 is 17.8 Å². The van der Waals surface area contributed by atoms with Crippen LogP contribution < -0.4 is 4.74 Å². The molecule has 0 radical (unpaired) electrons. The number of rotatable bonds is 6. The first-order chi connectivity index (χ1) is 13.9. The molecule has 0 aromatic heterocycles. The molecule has 4 N–H and O–H groups in total. The summed E-state index contributed by atoms with van der Waals surface area (Å²) in [4.78, 5) is 23.6. The summed E-state index contributed by atoms with van der Waals surface area (Å²) in [5, 5.41) is 38.7. The number of carbonyl (C=O) groups is 2. The quantitative estimate of drug-likeness (QED) is 0.414. The molecule has 0 bridgehead atoms. The number of allylic oxidation sites excluding steroid dienone is 1. The number of hydrogen-bond acceptors (Lipinski definition) is 7. The molecule has 2 aromatic rings. The molecule has 0 spiro atoms. The van der Waals surface area contributed by atoms with Gasteiger partial charge in [0, 0.05) is 5.56 Å². The molecule has 0 amide bonds. The van der Waals surface area contributed by atoms with Crippen LogP contribution in [0.1, 0.15) is 15.9 Å². The first-order valence-electron chi connectivity index (χ1n) is 8.83. The van der Waals surface area contributed by atoms with Crippen LogP contribution in [0.4, 0.5) is 0 Å². The molecule has 8 heteroatoms. The number of hydrogen-bond donors (Lipinski definition) is 4. The molecule has 2 aromatic carbocycles. The maximum atomic E-state index is 12.4. The number of aliphatic hydroxyl groups is 3. The summed E-state index contributed by atoms with van der Waals surface area (Å²) in [6.07, 6.45) is -5.50. The monoisotopic (exact) mass is 400 g/mol. The Balaban J connectivity index is 1.73. The van der Waals surface area contributed by atoms with E-state index in [1.807, 2.05) is 30.3 Å². The van der Waals surface area contributed by atoms with Crippen LogP contribution in [0.3, 0.4) is 0 Å². The van der Waals surface area contributed by atoms with E-state index in [2.05, 4.69) is 0 Å². The summed E-state index contributed by atoms with van der Waals surface area (Å²) in [6.45, 7) is 0. The van der Waals surface area contributed by atoms with Crippen LogP contribution >= 0.6 is 0 Å². The fraction of sp³-hybridized carbons (Fsp3) is 0.238. The molecular weight excluding hydrogens is 380 g/mol. The number of aliphatic carboxylic acids is 1. The highest BCUT2D eigenvalue weighted by molar-refractivity contribution is 6.07. The topological polar surface area (TPSA) is 134 Å². The number of ether oxygens (including phenoxy) is 2. The maximum absolute atomic E-state index is 12.4. The van der Waals surface area contributed by atoms with Crippen molar-refractivity contribution in [2.75, 3.05) is 0 Å². The van der Waals surface area contributed by atoms with Crippen LogP contribution in [0.5, 0.6) is 5.75 Å². The van der Waals surface area contributed by atoms with Crippen LogP contribution in [0, 0.1) is 0 Å². The largest absolute Gasteiger partial charge is 0.479 e. The van der Waals surface area contributed by atoms with Gasteiger partial charge in [-0.15, -0.1) is 0 Å². The van der Waals surface area contributed by atoms with Gasteiger partial charge < -0.3 is 29.9 Å². The van der Waals surface area contributed by atoms with E-state index in [0.29, 0.717) is 5.56 Å². The van der Waals surface area contributed by atoms with E-state index in [1.54, 1.807) is 18.2 Å². The average Bonchev–Trinajstić information content (AvgIpc) is 2.73. The van der Waals surface area contributed by atoms with Crippen molar-refractivity contribution in [3.8, 4) is 5.75 Å². The summed E-state index contributed by atoms with van der Waals surface area (Å²) < 4.78 is 10.5. The summed E-state index contributed by atoms with van der Waals surface area (Å²) in [5.74, 6) is -1.67. The number of aliphatic hydroxyl groups excluding tert-OH is 3. The zero-order valence-corrected chi connectivity index (χ0v) is 15.2. The van der Waals surface area contributed by atoms with Gasteiger partial charge in [-0.1, -0.05) is 48.5 Å². The molecule has 1 aliphatic rings. The Kier molecular flexibility index (Phi) is 6.40. The Labute approximate surface area is 166 Å². The predicted molar refractivity (Wildman–Crippen MR) is 101 cm³/mol. The normalized spacial score (nSPS) is 26.9. The minimum Gasteiger partial charge on any atom is -0.479 e. The van der Waals surface area contributed by atoms with Gasteiger partial charge in [0.1, 0.15) is 24.1 Å². The lowest BCUT2D eigenvalue weighted by Crippen LogP contribution is -2.61. The minimum absolute atomic E-state index is 0.126. The zero-order chi connectivity index (χ0) is 21.0. The van der Waals surface area contributed by atoms with E-state index < -0.39 is 36.7 Å². The fourth-order valence-corrected chi connectivity index (χ4v) is 2.84. The Bertz CT molecular complexity index is 895. The van der Waals surface area contributed by atoms with E-state index in [4.69, 9.17) is 14.6 Å². The number of ketones is 1. The van der Waals surface area contributed by atoms with Crippen LogP contribution in [0.2, 0.25) is 0 Å². The van der Waals surface area contributed by atoms with Crippen LogP contribution in [-0.4, -0.2) is 62.9 Å². The van der Waals surface area contributed by atoms with E-state index in [-0.39, 0.29) is 11.5 Å². The van der Waals surface area contributed by atoms with Crippen molar-refractivity contribution in [2.45, 2.75) is 30.7 Å². The number of carboxylic acid groups (broad SMARTS) is 1. The third kappa shape index (κ3) is 4.87. The first-order valence-corrected chi connectivity index (χ1v) is 8.83. The van der Waals surface area contributed by atoms with Crippen molar-refractivity contribution in [1.82, 2.24) is 0 Å². The van der Waals surface area contributed by atoms with Gasteiger partial charge >= 0.3 is 5.97 Å². The third-order valence-corrected chi connectivity index (χ3v) is 4.41. The summed E-state index contributed by atoms with van der Waals surface area (Å²) >= 11 is 0. The standard InChI is InChI=1S/C21H20O8/c22-15(10-9-12-5-2-1-3-6-12)13-7-4-8-14(11-13)28-21-18(25)16(23)17(24)19(29-21)20(26)27/h1-11,16-19,21,23-25H,(H,26,27)/b10-9+. The molecule has 5 unspecified atom stereocenters. The molecular formula is C21H20O8. The molecule has 0 saturated carbocycles. The van der Waals surface area contributed by atoms with Crippen molar-refractivity contribution in [2.24, 2.45) is 0 Å². The molecule has 8 nitrogen and oxygen atoms in total. The van der Waals surface area contributed by atoms with E-state index in [9.17, 15) is 24.9 Å². The highest BCUT2D eigenvalue weighted by Gasteiger charge is 2.48. The average molecular weight is 400 g/mol. The second-order valence-electron chi connectivity index (χ2n) is 6.49. The van der Waals surface area contributed by atoms with Gasteiger partial charge in [0.25, 0.3) is 0 Å². The van der Waals surface area contributed by atoms with Crippen molar-refractivity contribution in [1.29, 1.82) is 0 Å². The van der Waals surface area contributed by atoms with Gasteiger partial charge in [0.2, 0.25) is 6.29 Å². The van der Waals surface area contributed by atoms with Crippen molar-refractivity contribution in [3.63, 3.8) is 0 Å². The predicted octanol–water partition coefficient (Wildman–Crippen LogP) is 0.854. The molecule has 5 atom stereocenters. The number of carbonyl (C=O) groups excluding carboxylic acids is 1. The lowest BCUT2D eigenvalue weighted by Gasteiger charge is -2.38. The highest BCUT2D eigenvalue weighted by atomic mass is 16.7. The first kappa shape index (κ1) is 20.7. The Hall–Kier alpha value is -3.04. The fourth-order valence-electron chi connectivity index (χ4n) is 2.84. The Morgan fingerprint density at radius 2 is 1.66 bits per heavy atom. The minimum atomic E-state index is -1.81. The van der Waals surface area contributed by atoms with E-state index in [1.165, 1.54) is 18.2 Å². The molecule has 1 heterocycles. The second-order valence-corrected chi connectivity index (χ2v) is 6.49. The van der Waals surface area contributed by atoms with Crippen LogP contribution in [-0.2, 0) is 9.53 Å². The molecule has 0 aliphatic carbocycles. The van der Waals surface area contributed by atoms with Gasteiger partial charge in [-0.3, -0.25) is 4.79 Å². The van der Waals surface area contributed by atoms with Crippen molar-refractivity contribution in [3.05, 3.63) is 71.8 Å². The number of benzene rings is 2. The molecule has 29 heavy (non-hydrogen) atoms. The SMILES string of the molecule is O=C(/C=C/c1ccccc1)c1cccc(OC2OC(C(=O)O)C(O)C(O)C2O)c1. The maximum Gasteiger partial charge on any atom is 0.335 e. The third-order valence-electron chi connectivity index (χ3n) is 4.41. The smallest absolute Gasteiger partial charge is 0.335 e. The van der Waals surface area contributed by atoms with Crippen LogP contribution in [0.25, 0.3) is 6.08 Å². The van der Waals surface area contributed by atoms with Crippen molar-refractivity contribution < 1.29 is 39.5 Å². The Morgan fingerprint density at radius 3 is 2.34 bits per heavy atom. The number of carboxylic acids is 1. The molecule has 1 aliphatic heterocycles. The highest BCUT2D eigenvalue weighted by Crippen LogP contribution is 2.25. The van der Waals surface area contributed by atoms with E-state index in [0.717, 1.165) is 5.56 Å². The summed E-state index contributed by atoms with van der Waals surface area (Å²) in [5.41, 5.74) is 1.16. The van der Waals surface area contributed by atoms with Gasteiger partial charge in [-0.05, 0) is 23.8 Å². The summed E-state index contributed by atoms with van der Waals surface area (Å²) in [6, 6.07) is 15.3. The molecule has 3 rings (SSSR count). The van der Waals surface area contributed by atoms with Gasteiger partial charge in [-0.2, -0.15) is 0 Å². The molecule has 1 saturated heterocycles. The molecule has 152 valence electrons. The second kappa shape index (κ2) is 8.97. The zero-order valence-electron chi connectivity index (χ0n) is 15.2. The van der Waals surface area contributed by atoms with Crippen LogP contribution in [0.15, 0.2) is 60.7 Å². The van der Waals surface area contributed by atoms with Gasteiger partial charge in [0.05, 0.1) is 0 Å². The Morgan fingerprint density at radius 1 is 0.931 bits per heavy atom. The van der Waals surface area contributed by atoms with Gasteiger partial charge in [0.15, 0.2) is 11.9 Å². The lowest BCUT2D eigenvalue weighted by atomic mass is 9.99. The van der Waals surface area contributed by atoms with Gasteiger partial charge in [-0.25, -0.2) is 4.79 Å². The summed E-state index contributed by atoms with van der Waals surface area (Å²) in [7, 11) is 0. The lowest BCUT2D eigenvalue weighted by molar-refractivity contribution is -0.271. The molecule has 1 fully saturated rings. The van der Waals surface area contributed by atoms with E-state index >= 15 is 0 Å².